The van der Waals surface area contributed by atoms with Crippen molar-refractivity contribution in [1.82, 2.24) is 4.98 Å². The molecule has 29 heavy (non-hydrogen) atoms. The van der Waals surface area contributed by atoms with Crippen molar-refractivity contribution in [1.29, 1.82) is 0 Å². The SMILES string of the molecule is Cc1cccc(C(=O)Nc2ccc3c(c2)Sc2ncccc2C(=O)N3C(C)C)c1. The number of fused-ring (bicyclic) bond motifs is 2. The van der Waals surface area contributed by atoms with Gasteiger partial charge in [0, 0.05) is 28.4 Å². The number of aromatic nitrogens is 1. The van der Waals surface area contributed by atoms with Crippen LogP contribution in [0, 0.1) is 6.92 Å². The highest BCUT2D eigenvalue weighted by molar-refractivity contribution is 7.99. The van der Waals surface area contributed by atoms with Gasteiger partial charge in [-0.25, -0.2) is 4.98 Å². The highest BCUT2D eigenvalue weighted by Gasteiger charge is 2.30. The first-order valence-corrected chi connectivity index (χ1v) is 10.2. The smallest absolute Gasteiger partial charge is 0.261 e. The summed E-state index contributed by atoms with van der Waals surface area (Å²) in [4.78, 5) is 32.8. The van der Waals surface area contributed by atoms with Crippen molar-refractivity contribution in [3.8, 4) is 0 Å². The number of nitrogens with zero attached hydrogens (tertiary/aromatic N) is 2. The van der Waals surface area contributed by atoms with E-state index in [-0.39, 0.29) is 17.9 Å². The van der Waals surface area contributed by atoms with Crippen LogP contribution in [0.2, 0.25) is 0 Å². The second kappa shape index (κ2) is 7.72. The van der Waals surface area contributed by atoms with Gasteiger partial charge in [-0.1, -0.05) is 29.5 Å². The Morgan fingerprint density at radius 1 is 1.10 bits per heavy atom. The largest absolute Gasteiger partial charge is 0.322 e. The van der Waals surface area contributed by atoms with E-state index in [9.17, 15) is 9.59 Å². The zero-order valence-corrected chi connectivity index (χ0v) is 17.3. The number of hydrogen-bond donors (Lipinski definition) is 1. The summed E-state index contributed by atoms with van der Waals surface area (Å²) in [6.07, 6.45) is 1.69. The van der Waals surface area contributed by atoms with Crippen LogP contribution in [-0.4, -0.2) is 22.8 Å². The third kappa shape index (κ3) is 3.76. The molecule has 0 saturated heterocycles. The van der Waals surface area contributed by atoms with Crippen LogP contribution in [0.1, 0.15) is 40.1 Å². The molecule has 146 valence electrons. The Balaban J connectivity index is 1.72. The molecule has 2 heterocycles. The van der Waals surface area contributed by atoms with Gasteiger partial charge in [0.15, 0.2) is 0 Å². The van der Waals surface area contributed by atoms with Gasteiger partial charge in [-0.2, -0.15) is 0 Å². The van der Waals surface area contributed by atoms with Gasteiger partial charge in [0.1, 0.15) is 5.03 Å². The van der Waals surface area contributed by atoms with Crippen molar-refractivity contribution in [2.75, 3.05) is 10.2 Å². The molecule has 0 bridgehead atoms. The van der Waals surface area contributed by atoms with Crippen LogP contribution in [0.4, 0.5) is 11.4 Å². The van der Waals surface area contributed by atoms with Crippen LogP contribution >= 0.6 is 11.8 Å². The molecule has 1 aliphatic heterocycles. The van der Waals surface area contributed by atoms with Crippen molar-refractivity contribution >= 4 is 35.0 Å². The minimum absolute atomic E-state index is 0.0132. The summed E-state index contributed by atoms with van der Waals surface area (Å²) >= 11 is 1.44. The summed E-state index contributed by atoms with van der Waals surface area (Å²) in [5, 5.41) is 3.63. The van der Waals surface area contributed by atoms with E-state index >= 15 is 0 Å². The number of nitrogens with one attached hydrogen (secondary N) is 1. The van der Waals surface area contributed by atoms with Crippen molar-refractivity contribution in [2.45, 2.75) is 36.7 Å². The molecule has 2 aromatic carbocycles. The zero-order chi connectivity index (χ0) is 20.5. The molecule has 0 saturated carbocycles. The Labute approximate surface area is 174 Å². The van der Waals surface area contributed by atoms with Gasteiger partial charge < -0.3 is 10.2 Å². The average Bonchev–Trinajstić information content (AvgIpc) is 2.81. The van der Waals surface area contributed by atoms with Gasteiger partial charge in [0.25, 0.3) is 11.8 Å². The molecule has 0 atom stereocenters. The van der Waals surface area contributed by atoms with Crippen molar-refractivity contribution in [3.05, 3.63) is 77.5 Å². The quantitative estimate of drug-likeness (QED) is 0.656. The first kappa shape index (κ1) is 19.2. The number of aryl methyl sites for hydroxylation is 1. The first-order valence-electron chi connectivity index (χ1n) is 9.42. The number of hydrogen-bond acceptors (Lipinski definition) is 4. The van der Waals surface area contributed by atoms with Crippen LogP contribution in [0.25, 0.3) is 0 Å². The van der Waals surface area contributed by atoms with E-state index in [1.807, 2.05) is 57.2 Å². The summed E-state index contributed by atoms with van der Waals surface area (Å²) in [5.74, 6) is -0.228. The van der Waals surface area contributed by atoms with E-state index in [2.05, 4.69) is 10.3 Å². The topological polar surface area (TPSA) is 62.3 Å². The van der Waals surface area contributed by atoms with E-state index in [1.54, 1.807) is 29.3 Å². The molecule has 1 aromatic heterocycles. The zero-order valence-electron chi connectivity index (χ0n) is 16.5. The molecule has 4 rings (SSSR count). The number of carbonyl (C=O) groups is 2. The van der Waals surface area contributed by atoms with Crippen LogP contribution in [0.15, 0.2) is 70.7 Å². The molecular formula is C23H21N3O2S. The fourth-order valence-corrected chi connectivity index (χ4v) is 4.40. The maximum absolute atomic E-state index is 13.1. The lowest BCUT2D eigenvalue weighted by Crippen LogP contribution is -2.37. The summed E-state index contributed by atoms with van der Waals surface area (Å²) in [7, 11) is 0. The number of benzene rings is 2. The number of amides is 2. The molecule has 0 fully saturated rings. The molecule has 3 aromatic rings. The normalized spacial score (nSPS) is 13.0. The van der Waals surface area contributed by atoms with Crippen molar-refractivity contribution < 1.29 is 9.59 Å². The Bertz CT molecular complexity index is 1110. The Kier molecular flexibility index (Phi) is 5.11. The fraction of sp³-hybridized carbons (Fsp3) is 0.174. The molecule has 1 aliphatic rings. The lowest BCUT2D eigenvalue weighted by Gasteiger charge is -2.27. The fourth-order valence-electron chi connectivity index (χ4n) is 3.35. The molecule has 6 heteroatoms. The summed E-state index contributed by atoms with van der Waals surface area (Å²) in [5.41, 5.74) is 3.73. The van der Waals surface area contributed by atoms with Gasteiger partial charge in [-0.3, -0.25) is 9.59 Å². The Morgan fingerprint density at radius 3 is 2.69 bits per heavy atom. The van der Waals surface area contributed by atoms with E-state index in [1.165, 1.54) is 11.8 Å². The van der Waals surface area contributed by atoms with Gasteiger partial charge in [-0.05, 0) is 63.2 Å². The van der Waals surface area contributed by atoms with E-state index in [4.69, 9.17) is 0 Å². The summed E-state index contributed by atoms with van der Waals surface area (Å²) < 4.78 is 0. The van der Waals surface area contributed by atoms with Crippen LogP contribution < -0.4 is 10.2 Å². The number of carbonyl (C=O) groups excluding carboxylic acids is 2. The molecule has 0 unspecified atom stereocenters. The van der Waals surface area contributed by atoms with Crippen LogP contribution in [-0.2, 0) is 0 Å². The van der Waals surface area contributed by atoms with Crippen LogP contribution in [0.3, 0.4) is 0 Å². The minimum atomic E-state index is -0.164. The van der Waals surface area contributed by atoms with Crippen molar-refractivity contribution in [3.63, 3.8) is 0 Å². The second-order valence-electron chi connectivity index (χ2n) is 7.23. The number of pyridine rings is 1. The first-order chi connectivity index (χ1) is 13.9. The minimum Gasteiger partial charge on any atom is -0.322 e. The summed E-state index contributed by atoms with van der Waals surface area (Å²) in [6, 6.07) is 16.7. The monoisotopic (exact) mass is 403 g/mol. The number of anilines is 2. The highest BCUT2D eigenvalue weighted by Crippen LogP contribution is 2.42. The third-order valence-electron chi connectivity index (χ3n) is 4.70. The van der Waals surface area contributed by atoms with Gasteiger partial charge in [-0.15, -0.1) is 0 Å². The predicted octanol–water partition coefficient (Wildman–Crippen LogP) is 5.16. The Morgan fingerprint density at radius 2 is 1.93 bits per heavy atom. The molecular weight excluding hydrogens is 382 g/mol. The Hall–Kier alpha value is -3.12. The standard InChI is InChI=1S/C23H21N3O2S/c1-14(2)26-19-10-9-17(25-21(27)16-7-4-6-15(3)12-16)13-20(19)29-22-18(23(26)28)8-5-11-24-22/h4-14H,1-3H3,(H,25,27). The lowest BCUT2D eigenvalue weighted by atomic mass is 10.1. The molecule has 1 N–H and O–H groups in total. The molecule has 0 spiro atoms. The van der Waals surface area contributed by atoms with E-state index in [0.29, 0.717) is 21.8 Å². The summed E-state index contributed by atoms with van der Waals surface area (Å²) in [6.45, 7) is 5.93. The molecule has 0 aliphatic carbocycles. The van der Waals surface area contributed by atoms with E-state index in [0.717, 1.165) is 16.1 Å². The molecule has 5 nitrogen and oxygen atoms in total. The van der Waals surface area contributed by atoms with Gasteiger partial charge in [0.05, 0.1) is 11.3 Å². The predicted molar refractivity (Wildman–Crippen MR) is 116 cm³/mol. The maximum Gasteiger partial charge on any atom is 0.261 e. The second-order valence-corrected chi connectivity index (χ2v) is 8.26. The van der Waals surface area contributed by atoms with Crippen molar-refractivity contribution in [2.24, 2.45) is 0 Å². The van der Waals surface area contributed by atoms with Gasteiger partial charge >= 0.3 is 0 Å². The van der Waals surface area contributed by atoms with Crippen LogP contribution in [0.5, 0.6) is 0 Å². The number of rotatable bonds is 3. The van der Waals surface area contributed by atoms with E-state index < -0.39 is 0 Å². The highest BCUT2D eigenvalue weighted by atomic mass is 32.2. The lowest BCUT2D eigenvalue weighted by molar-refractivity contribution is 0.0975. The molecule has 2 amide bonds. The average molecular weight is 404 g/mol. The molecule has 0 radical (unpaired) electrons. The third-order valence-corrected chi connectivity index (χ3v) is 5.77. The maximum atomic E-state index is 13.1. The van der Waals surface area contributed by atoms with Gasteiger partial charge in [0.2, 0.25) is 0 Å².